The fourth-order valence-corrected chi connectivity index (χ4v) is 2.61. The Bertz CT molecular complexity index is 976. The number of fused-ring (bicyclic) bond motifs is 1. The lowest BCUT2D eigenvalue weighted by Crippen LogP contribution is -2.14. The van der Waals surface area contributed by atoms with Crippen molar-refractivity contribution >= 4 is 16.7 Å². The van der Waals surface area contributed by atoms with Crippen LogP contribution >= 0.6 is 0 Å². The van der Waals surface area contributed by atoms with Crippen LogP contribution in [0.5, 0.6) is 5.75 Å². The Balaban J connectivity index is 2.18. The van der Waals surface area contributed by atoms with Crippen molar-refractivity contribution in [2.24, 2.45) is 5.73 Å². The van der Waals surface area contributed by atoms with Gasteiger partial charge in [-0.25, -0.2) is 4.98 Å². The number of aryl methyl sites for hydroxylation is 1. The molecule has 0 aliphatic heterocycles. The molecule has 0 bridgehead atoms. The molecule has 2 aromatic carbocycles. The van der Waals surface area contributed by atoms with E-state index in [2.05, 4.69) is 9.97 Å². The molecule has 0 radical (unpaired) electrons. The molecule has 116 valence electrons. The maximum absolute atomic E-state index is 11.6. The van der Waals surface area contributed by atoms with E-state index in [1.165, 1.54) is 12.1 Å². The normalized spacial score (nSPS) is 10.8. The number of hydrogen-bond acceptors (Lipinski definition) is 4. The highest BCUT2D eigenvalue weighted by atomic mass is 16.3. The second-order valence-corrected chi connectivity index (χ2v) is 5.38. The van der Waals surface area contributed by atoms with Crippen LogP contribution in [0.1, 0.15) is 11.3 Å². The minimum atomic E-state index is -0.512. The van der Waals surface area contributed by atoms with Gasteiger partial charge in [-0.3, -0.25) is 9.59 Å². The third-order valence-corrected chi connectivity index (χ3v) is 3.60. The van der Waals surface area contributed by atoms with Crippen molar-refractivity contribution in [3.63, 3.8) is 0 Å². The standard InChI is InChI=1S/C17H15N3O3/c1-9-6-16(23)20-17(19-9)11-2-4-12-10(7-11)3-5-14(21)13(12)8-15(18)22/h2-7,21H,8H2,1H3,(H2,18,22)(H,19,20,23). The number of amides is 1. The second kappa shape index (κ2) is 5.57. The van der Waals surface area contributed by atoms with Crippen molar-refractivity contribution in [1.82, 2.24) is 9.97 Å². The number of phenolic OH excluding ortho intramolecular Hbond substituents is 1. The summed E-state index contributed by atoms with van der Waals surface area (Å²) in [5.41, 5.74) is 6.89. The lowest BCUT2D eigenvalue weighted by molar-refractivity contribution is -0.117. The average Bonchev–Trinajstić information content (AvgIpc) is 2.48. The fraction of sp³-hybridized carbons (Fsp3) is 0.118. The first-order valence-corrected chi connectivity index (χ1v) is 7.05. The molecule has 23 heavy (non-hydrogen) atoms. The predicted molar refractivity (Wildman–Crippen MR) is 87.1 cm³/mol. The Kier molecular flexibility index (Phi) is 3.57. The van der Waals surface area contributed by atoms with Gasteiger partial charge in [0.15, 0.2) is 0 Å². The van der Waals surface area contributed by atoms with Gasteiger partial charge in [0.2, 0.25) is 5.91 Å². The van der Waals surface area contributed by atoms with Crippen molar-refractivity contribution in [2.75, 3.05) is 0 Å². The molecule has 0 aliphatic rings. The van der Waals surface area contributed by atoms with Crippen molar-refractivity contribution in [1.29, 1.82) is 0 Å². The number of nitrogens with zero attached hydrogens (tertiary/aromatic N) is 1. The van der Waals surface area contributed by atoms with Crippen LogP contribution in [0.15, 0.2) is 41.2 Å². The van der Waals surface area contributed by atoms with Gasteiger partial charge in [0, 0.05) is 22.9 Å². The number of phenols is 1. The highest BCUT2D eigenvalue weighted by Gasteiger charge is 2.11. The molecule has 6 nitrogen and oxygen atoms in total. The molecule has 0 spiro atoms. The van der Waals surface area contributed by atoms with Crippen LogP contribution in [-0.2, 0) is 11.2 Å². The van der Waals surface area contributed by atoms with Crippen LogP contribution in [0.3, 0.4) is 0 Å². The van der Waals surface area contributed by atoms with Gasteiger partial charge < -0.3 is 15.8 Å². The first kappa shape index (κ1) is 14.8. The number of rotatable bonds is 3. The summed E-state index contributed by atoms with van der Waals surface area (Å²) in [6.45, 7) is 1.75. The van der Waals surface area contributed by atoms with Gasteiger partial charge in [0.25, 0.3) is 5.56 Å². The molecule has 0 unspecified atom stereocenters. The van der Waals surface area contributed by atoms with Crippen LogP contribution in [-0.4, -0.2) is 21.0 Å². The van der Waals surface area contributed by atoms with E-state index in [1.54, 1.807) is 25.1 Å². The minimum Gasteiger partial charge on any atom is -0.508 e. The fourth-order valence-electron chi connectivity index (χ4n) is 2.61. The van der Waals surface area contributed by atoms with E-state index in [1.807, 2.05) is 6.07 Å². The molecule has 0 atom stereocenters. The van der Waals surface area contributed by atoms with Gasteiger partial charge in [-0.2, -0.15) is 0 Å². The number of H-pyrrole nitrogens is 1. The summed E-state index contributed by atoms with van der Waals surface area (Å²) in [6, 6.07) is 10.1. The Labute approximate surface area is 131 Å². The smallest absolute Gasteiger partial charge is 0.251 e. The molecule has 1 aromatic heterocycles. The van der Waals surface area contributed by atoms with Crippen molar-refractivity contribution in [3.05, 3.63) is 58.0 Å². The molecule has 0 saturated carbocycles. The summed E-state index contributed by atoms with van der Waals surface area (Å²) < 4.78 is 0. The molecule has 4 N–H and O–H groups in total. The molecule has 3 rings (SSSR count). The molecule has 1 heterocycles. The molecule has 0 saturated heterocycles. The zero-order valence-electron chi connectivity index (χ0n) is 12.5. The number of nitrogens with one attached hydrogen (secondary N) is 1. The van der Waals surface area contributed by atoms with E-state index in [0.717, 1.165) is 16.3 Å². The van der Waals surface area contributed by atoms with Crippen molar-refractivity contribution < 1.29 is 9.90 Å². The van der Waals surface area contributed by atoms with Gasteiger partial charge in [0.1, 0.15) is 11.6 Å². The van der Waals surface area contributed by atoms with Gasteiger partial charge in [-0.1, -0.05) is 18.2 Å². The topological polar surface area (TPSA) is 109 Å². The van der Waals surface area contributed by atoms with Crippen molar-refractivity contribution in [2.45, 2.75) is 13.3 Å². The zero-order valence-corrected chi connectivity index (χ0v) is 12.5. The van der Waals surface area contributed by atoms with Crippen LogP contribution in [0, 0.1) is 6.92 Å². The van der Waals surface area contributed by atoms with Gasteiger partial charge in [0.05, 0.1) is 6.42 Å². The highest BCUT2D eigenvalue weighted by Crippen LogP contribution is 2.30. The summed E-state index contributed by atoms with van der Waals surface area (Å²) in [6.07, 6.45) is -0.0396. The largest absolute Gasteiger partial charge is 0.508 e. The van der Waals surface area contributed by atoms with E-state index in [9.17, 15) is 14.7 Å². The first-order chi connectivity index (χ1) is 10.9. The molecular formula is C17H15N3O3. The molecule has 6 heteroatoms. The number of nitrogens with two attached hydrogens (primary N) is 1. The van der Waals surface area contributed by atoms with Gasteiger partial charge >= 0.3 is 0 Å². The monoisotopic (exact) mass is 309 g/mol. The van der Waals surface area contributed by atoms with Crippen LogP contribution in [0.4, 0.5) is 0 Å². The molecule has 1 amide bonds. The summed E-state index contributed by atoms with van der Waals surface area (Å²) in [5.74, 6) is -0.00544. The van der Waals surface area contributed by atoms with Crippen molar-refractivity contribution in [3.8, 4) is 17.1 Å². The Morgan fingerprint density at radius 3 is 2.74 bits per heavy atom. The Hall–Kier alpha value is -3.15. The van der Waals surface area contributed by atoms with E-state index >= 15 is 0 Å². The van der Waals surface area contributed by atoms with E-state index < -0.39 is 5.91 Å². The van der Waals surface area contributed by atoms with E-state index in [-0.39, 0.29) is 17.7 Å². The molecular weight excluding hydrogens is 294 g/mol. The summed E-state index contributed by atoms with van der Waals surface area (Å²) in [4.78, 5) is 29.8. The quantitative estimate of drug-likeness (QED) is 0.683. The molecule has 0 aliphatic carbocycles. The predicted octanol–water partition coefficient (Wildman–Crippen LogP) is 1.63. The summed E-state index contributed by atoms with van der Waals surface area (Å²) in [7, 11) is 0. The number of carbonyl (C=O) groups is 1. The maximum Gasteiger partial charge on any atom is 0.251 e. The van der Waals surface area contributed by atoms with Crippen LogP contribution in [0.2, 0.25) is 0 Å². The van der Waals surface area contributed by atoms with E-state index in [0.29, 0.717) is 17.1 Å². The lowest BCUT2D eigenvalue weighted by atomic mass is 9.98. The van der Waals surface area contributed by atoms with E-state index in [4.69, 9.17) is 5.73 Å². The zero-order chi connectivity index (χ0) is 16.6. The SMILES string of the molecule is Cc1cc(=O)[nH]c(-c2ccc3c(CC(N)=O)c(O)ccc3c2)n1. The number of benzene rings is 2. The summed E-state index contributed by atoms with van der Waals surface area (Å²) >= 11 is 0. The number of aromatic nitrogens is 2. The molecule has 0 fully saturated rings. The van der Waals surface area contributed by atoms with Gasteiger partial charge in [-0.15, -0.1) is 0 Å². The Morgan fingerprint density at radius 1 is 1.26 bits per heavy atom. The number of hydrogen-bond donors (Lipinski definition) is 3. The average molecular weight is 309 g/mol. The second-order valence-electron chi connectivity index (χ2n) is 5.38. The van der Waals surface area contributed by atoms with Gasteiger partial charge in [-0.05, 0) is 29.8 Å². The number of aromatic hydroxyl groups is 1. The molecule has 3 aromatic rings. The van der Waals surface area contributed by atoms with Crippen LogP contribution < -0.4 is 11.3 Å². The number of aromatic amines is 1. The third-order valence-electron chi connectivity index (χ3n) is 3.60. The first-order valence-electron chi connectivity index (χ1n) is 7.05. The third kappa shape index (κ3) is 2.91. The lowest BCUT2D eigenvalue weighted by Gasteiger charge is -2.09. The number of primary amides is 1. The Morgan fingerprint density at radius 2 is 2.04 bits per heavy atom. The summed E-state index contributed by atoms with van der Waals surface area (Å²) in [5, 5.41) is 11.5. The highest BCUT2D eigenvalue weighted by molar-refractivity contribution is 5.93. The van der Waals surface area contributed by atoms with Crippen LogP contribution in [0.25, 0.3) is 22.2 Å². The number of carbonyl (C=O) groups excluding carboxylic acids is 1. The minimum absolute atomic E-state index is 0.0335. The maximum atomic E-state index is 11.6.